The number of halogens is 1. The third-order valence-corrected chi connectivity index (χ3v) is 2.96. The lowest BCUT2D eigenvalue weighted by Crippen LogP contribution is -2.11. The zero-order chi connectivity index (χ0) is 12.3. The van der Waals surface area contributed by atoms with Crippen LogP contribution in [0, 0.1) is 11.5 Å². The van der Waals surface area contributed by atoms with Crippen LogP contribution in [-0.4, -0.2) is 17.0 Å². The Hall–Kier alpha value is -1.93. The first-order chi connectivity index (χ1) is 8.22. The van der Waals surface area contributed by atoms with Crippen molar-refractivity contribution in [2.24, 2.45) is 0 Å². The quantitative estimate of drug-likeness (QED) is 0.630. The number of aromatic nitrogens is 2. The molecule has 0 bridgehead atoms. The number of benzene rings is 1. The smallest absolute Gasteiger partial charge is 0.238 e. The zero-order valence-electron chi connectivity index (χ0n) is 9.13. The summed E-state index contributed by atoms with van der Waals surface area (Å²) in [5.74, 6) is 0.392. The molecule has 4 nitrogen and oxygen atoms in total. The van der Waals surface area contributed by atoms with Gasteiger partial charge in [0.2, 0.25) is 5.95 Å². The fraction of sp³-hybridized carbons (Fsp3) is 0.0833. The van der Waals surface area contributed by atoms with Gasteiger partial charge in [0.05, 0.1) is 0 Å². The van der Waals surface area contributed by atoms with E-state index in [4.69, 9.17) is 5.26 Å². The fourth-order valence-electron chi connectivity index (χ4n) is 1.37. The Labute approximate surface area is 108 Å². The molecule has 2 aromatic rings. The molecule has 0 aliphatic rings. The molecule has 1 heterocycles. The van der Waals surface area contributed by atoms with Crippen molar-refractivity contribution in [1.29, 1.82) is 5.26 Å². The molecule has 84 valence electrons. The first-order valence-electron chi connectivity index (χ1n) is 4.93. The number of hydrogen-bond acceptors (Lipinski definition) is 4. The van der Waals surface area contributed by atoms with Gasteiger partial charge in [0.15, 0.2) is 6.19 Å². The Kier molecular flexibility index (Phi) is 3.35. The van der Waals surface area contributed by atoms with Crippen LogP contribution in [0.5, 0.6) is 0 Å². The Balaban J connectivity index is 2.37. The van der Waals surface area contributed by atoms with Gasteiger partial charge in [0.25, 0.3) is 0 Å². The molecule has 0 saturated heterocycles. The summed E-state index contributed by atoms with van der Waals surface area (Å²) in [5, 5.41) is 8.71. The van der Waals surface area contributed by atoms with E-state index in [0.29, 0.717) is 5.95 Å². The molecule has 1 aromatic carbocycles. The molecule has 2 rings (SSSR count). The van der Waals surface area contributed by atoms with E-state index in [-0.39, 0.29) is 0 Å². The Morgan fingerprint density at radius 3 is 2.47 bits per heavy atom. The van der Waals surface area contributed by atoms with Gasteiger partial charge in [-0.2, -0.15) is 5.26 Å². The standard InChI is InChI=1S/C12H9BrN4/c1-17(8-14)12-15-6-9(7-16-12)10-4-2-3-5-11(10)13/h2-7H,1H3. The zero-order valence-corrected chi connectivity index (χ0v) is 10.7. The maximum absolute atomic E-state index is 8.71. The van der Waals surface area contributed by atoms with Gasteiger partial charge in [-0.05, 0) is 11.6 Å². The van der Waals surface area contributed by atoms with E-state index in [0.717, 1.165) is 15.6 Å². The van der Waals surface area contributed by atoms with Gasteiger partial charge in [0, 0.05) is 29.5 Å². The summed E-state index contributed by atoms with van der Waals surface area (Å²) < 4.78 is 0.991. The molecule has 1 aromatic heterocycles. The van der Waals surface area contributed by atoms with E-state index in [2.05, 4.69) is 25.9 Å². The maximum atomic E-state index is 8.71. The molecule has 0 unspecified atom stereocenters. The minimum absolute atomic E-state index is 0.392. The second-order valence-electron chi connectivity index (χ2n) is 3.41. The average Bonchev–Trinajstić information content (AvgIpc) is 2.39. The summed E-state index contributed by atoms with van der Waals surface area (Å²) >= 11 is 3.48. The van der Waals surface area contributed by atoms with Gasteiger partial charge in [-0.1, -0.05) is 34.1 Å². The van der Waals surface area contributed by atoms with Crippen molar-refractivity contribution < 1.29 is 0 Å². The van der Waals surface area contributed by atoms with Crippen LogP contribution in [-0.2, 0) is 0 Å². The highest BCUT2D eigenvalue weighted by molar-refractivity contribution is 9.10. The van der Waals surface area contributed by atoms with Crippen LogP contribution in [0.25, 0.3) is 11.1 Å². The summed E-state index contributed by atoms with van der Waals surface area (Å²) in [5.41, 5.74) is 1.94. The average molecular weight is 289 g/mol. The van der Waals surface area contributed by atoms with Crippen LogP contribution in [0.4, 0.5) is 5.95 Å². The van der Waals surface area contributed by atoms with Gasteiger partial charge < -0.3 is 0 Å². The van der Waals surface area contributed by atoms with Crippen molar-refractivity contribution in [3.05, 3.63) is 41.1 Å². The lowest BCUT2D eigenvalue weighted by atomic mass is 10.1. The molecule has 5 heteroatoms. The van der Waals surface area contributed by atoms with Gasteiger partial charge in [0.1, 0.15) is 0 Å². The highest BCUT2D eigenvalue weighted by Gasteiger charge is 2.05. The van der Waals surface area contributed by atoms with E-state index in [9.17, 15) is 0 Å². The second-order valence-corrected chi connectivity index (χ2v) is 4.26. The molecule has 0 radical (unpaired) electrons. The Morgan fingerprint density at radius 2 is 1.88 bits per heavy atom. The van der Waals surface area contributed by atoms with Gasteiger partial charge >= 0.3 is 0 Å². The molecular formula is C12H9BrN4. The number of nitrogens with zero attached hydrogens (tertiary/aromatic N) is 4. The van der Waals surface area contributed by atoms with Crippen LogP contribution >= 0.6 is 15.9 Å². The highest BCUT2D eigenvalue weighted by atomic mass is 79.9. The minimum Gasteiger partial charge on any atom is -0.250 e. The van der Waals surface area contributed by atoms with Crippen molar-refractivity contribution in [3.8, 4) is 17.3 Å². The van der Waals surface area contributed by atoms with Crippen LogP contribution in [0.2, 0.25) is 0 Å². The number of hydrogen-bond donors (Lipinski definition) is 0. The van der Waals surface area contributed by atoms with Crippen molar-refractivity contribution in [2.45, 2.75) is 0 Å². The molecule has 17 heavy (non-hydrogen) atoms. The van der Waals surface area contributed by atoms with E-state index >= 15 is 0 Å². The van der Waals surface area contributed by atoms with E-state index in [1.54, 1.807) is 19.4 Å². The first-order valence-corrected chi connectivity index (χ1v) is 5.72. The minimum atomic E-state index is 0.392. The Bertz CT molecular complexity index is 559. The predicted octanol–water partition coefficient (Wildman–Crippen LogP) is 2.82. The molecule has 0 aliphatic heterocycles. The normalized spacial score (nSPS) is 9.71. The topological polar surface area (TPSA) is 52.8 Å². The molecule has 0 spiro atoms. The van der Waals surface area contributed by atoms with Crippen molar-refractivity contribution in [2.75, 3.05) is 11.9 Å². The van der Waals surface area contributed by atoms with E-state index in [1.807, 2.05) is 30.5 Å². The lowest BCUT2D eigenvalue weighted by molar-refractivity contribution is 1.04. The Morgan fingerprint density at radius 1 is 1.24 bits per heavy atom. The molecular weight excluding hydrogens is 280 g/mol. The maximum Gasteiger partial charge on any atom is 0.238 e. The molecule has 0 amide bonds. The number of anilines is 1. The highest BCUT2D eigenvalue weighted by Crippen LogP contribution is 2.27. The summed E-state index contributed by atoms with van der Waals surface area (Å²) in [7, 11) is 1.62. The van der Waals surface area contributed by atoms with Crippen LogP contribution < -0.4 is 4.90 Å². The monoisotopic (exact) mass is 288 g/mol. The summed E-state index contributed by atoms with van der Waals surface area (Å²) in [6.45, 7) is 0. The summed E-state index contributed by atoms with van der Waals surface area (Å²) in [4.78, 5) is 9.59. The van der Waals surface area contributed by atoms with Crippen LogP contribution in [0.1, 0.15) is 0 Å². The molecule has 0 saturated carbocycles. The lowest BCUT2D eigenvalue weighted by Gasteiger charge is -2.07. The molecule has 0 fully saturated rings. The first kappa shape index (κ1) is 11.6. The van der Waals surface area contributed by atoms with Crippen LogP contribution in [0.15, 0.2) is 41.1 Å². The van der Waals surface area contributed by atoms with Crippen molar-refractivity contribution >= 4 is 21.9 Å². The van der Waals surface area contributed by atoms with E-state index in [1.165, 1.54) is 4.90 Å². The van der Waals surface area contributed by atoms with Gasteiger partial charge in [-0.15, -0.1) is 0 Å². The third kappa shape index (κ3) is 2.43. The molecule has 0 aliphatic carbocycles. The summed E-state index contributed by atoms with van der Waals surface area (Å²) in [6, 6.07) is 7.85. The largest absolute Gasteiger partial charge is 0.250 e. The summed E-state index contributed by atoms with van der Waals surface area (Å²) in [6.07, 6.45) is 5.36. The SMILES string of the molecule is CN(C#N)c1ncc(-c2ccccc2Br)cn1. The van der Waals surface area contributed by atoms with Gasteiger partial charge in [-0.3, -0.25) is 4.90 Å². The van der Waals surface area contributed by atoms with Gasteiger partial charge in [-0.25, -0.2) is 9.97 Å². The predicted molar refractivity (Wildman–Crippen MR) is 69.2 cm³/mol. The molecule has 0 N–H and O–H groups in total. The molecule has 0 atom stereocenters. The van der Waals surface area contributed by atoms with Crippen molar-refractivity contribution in [3.63, 3.8) is 0 Å². The van der Waals surface area contributed by atoms with E-state index < -0.39 is 0 Å². The number of rotatable bonds is 2. The van der Waals surface area contributed by atoms with Crippen LogP contribution in [0.3, 0.4) is 0 Å². The third-order valence-electron chi connectivity index (χ3n) is 2.27. The van der Waals surface area contributed by atoms with Crippen molar-refractivity contribution in [1.82, 2.24) is 9.97 Å². The second kappa shape index (κ2) is 4.93. The fourth-order valence-corrected chi connectivity index (χ4v) is 1.89. The number of nitriles is 1.